The van der Waals surface area contributed by atoms with Crippen molar-refractivity contribution in [2.45, 2.75) is 13.0 Å². The van der Waals surface area contributed by atoms with Crippen LogP contribution in [0, 0.1) is 0 Å². The SMILES string of the molecule is O=C(O)NCc1cc(CCO)cc(Cl)c1Cl. The van der Waals surface area contributed by atoms with E-state index in [1.165, 1.54) is 0 Å². The van der Waals surface area contributed by atoms with Gasteiger partial charge in [0.15, 0.2) is 0 Å². The zero-order valence-corrected chi connectivity index (χ0v) is 9.85. The molecule has 88 valence electrons. The van der Waals surface area contributed by atoms with Crippen molar-refractivity contribution in [1.82, 2.24) is 5.32 Å². The van der Waals surface area contributed by atoms with Crippen LogP contribution in [0.15, 0.2) is 12.1 Å². The average molecular weight is 264 g/mol. The summed E-state index contributed by atoms with van der Waals surface area (Å²) in [6, 6.07) is 3.38. The van der Waals surface area contributed by atoms with E-state index in [4.69, 9.17) is 33.4 Å². The van der Waals surface area contributed by atoms with Crippen molar-refractivity contribution in [3.63, 3.8) is 0 Å². The van der Waals surface area contributed by atoms with E-state index in [9.17, 15) is 4.79 Å². The van der Waals surface area contributed by atoms with Gasteiger partial charge >= 0.3 is 6.09 Å². The predicted molar refractivity (Wildman–Crippen MR) is 62.1 cm³/mol. The van der Waals surface area contributed by atoms with E-state index in [1.54, 1.807) is 12.1 Å². The third-order valence-corrected chi connectivity index (χ3v) is 2.84. The highest BCUT2D eigenvalue weighted by Crippen LogP contribution is 2.27. The average Bonchev–Trinajstić information content (AvgIpc) is 2.21. The number of nitrogens with one attached hydrogen (secondary N) is 1. The summed E-state index contributed by atoms with van der Waals surface area (Å²) in [5, 5.41) is 20.2. The normalized spacial score (nSPS) is 10.2. The first-order chi connectivity index (χ1) is 7.54. The number of carboxylic acid groups (broad SMARTS) is 1. The summed E-state index contributed by atoms with van der Waals surface area (Å²) in [5.74, 6) is 0. The summed E-state index contributed by atoms with van der Waals surface area (Å²) < 4.78 is 0. The number of hydrogen-bond donors (Lipinski definition) is 3. The minimum absolute atomic E-state index is 0.00373. The fraction of sp³-hybridized carbons (Fsp3) is 0.300. The van der Waals surface area contributed by atoms with E-state index < -0.39 is 6.09 Å². The minimum atomic E-state index is -1.13. The third-order valence-electron chi connectivity index (χ3n) is 1.99. The van der Waals surface area contributed by atoms with Crippen LogP contribution in [-0.2, 0) is 13.0 Å². The van der Waals surface area contributed by atoms with Crippen LogP contribution in [0.3, 0.4) is 0 Å². The van der Waals surface area contributed by atoms with E-state index in [-0.39, 0.29) is 13.2 Å². The zero-order chi connectivity index (χ0) is 12.1. The molecule has 3 N–H and O–H groups in total. The largest absolute Gasteiger partial charge is 0.465 e. The molecule has 6 heteroatoms. The first-order valence-corrected chi connectivity index (χ1v) is 5.34. The Balaban J connectivity index is 2.92. The van der Waals surface area contributed by atoms with Gasteiger partial charge in [-0.15, -0.1) is 0 Å². The van der Waals surface area contributed by atoms with Crippen molar-refractivity contribution in [3.8, 4) is 0 Å². The highest BCUT2D eigenvalue weighted by molar-refractivity contribution is 6.42. The standard InChI is InChI=1S/C10H11Cl2NO3/c11-8-4-6(1-2-14)3-7(9(8)12)5-13-10(15)16/h3-4,13-14H,1-2,5H2,(H,15,16). The molecule has 1 aromatic carbocycles. The molecule has 4 nitrogen and oxygen atoms in total. The van der Waals surface area contributed by atoms with Gasteiger partial charge in [-0.2, -0.15) is 0 Å². The van der Waals surface area contributed by atoms with E-state index in [1.807, 2.05) is 0 Å². The second-order valence-corrected chi connectivity index (χ2v) is 3.97. The van der Waals surface area contributed by atoms with Gasteiger partial charge in [0.25, 0.3) is 0 Å². The molecule has 16 heavy (non-hydrogen) atoms. The Bertz CT molecular complexity index is 396. The molecule has 0 saturated carbocycles. The van der Waals surface area contributed by atoms with E-state index in [0.29, 0.717) is 22.0 Å². The minimum Gasteiger partial charge on any atom is -0.465 e. The molecule has 1 rings (SSSR count). The highest BCUT2D eigenvalue weighted by Gasteiger charge is 2.08. The molecule has 1 aromatic rings. The van der Waals surface area contributed by atoms with Crippen molar-refractivity contribution in [3.05, 3.63) is 33.3 Å². The quantitative estimate of drug-likeness (QED) is 0.781. The molecule has 0 radical (unpaired) electrons. The Hall–Kier alpha value is -0.970. The molecule has 0 atom stereocenters. The molecule has 0 fully saturated rings. The predicted octanol–water partition coefficient (Wildman–Crippen LogP) is 2.30. The zero-order valence-electron chi connectivity index (χ0n) is 8.33. The maximum atomic E-state index is 10.4. The van der Waals surface area contributed by atoms with Gasteiger partial charge in [0, 0.05) is 13.2 Å². The van der Waals surface area contributed by atoms with Crippen molar-refractivity contribution in [2.24, 2.45) is 0 Å². The second-order valence-electron chi connectivity index (χ2n) is 3.18. The van der Waals surface area contributed by atoms with Gasteiger partial charge in [-0.3, -0.25) is 0 Å². The maximum Gasteiger partial charge on any atom is 0.404 e. The van der Waals surface area contributed by atoms with Gasteiger partial charge in [0.05, 0.1) is 10.0 Å². The molecule has 0 spiro atoms. The van der Waals surface area contributed by atoms with Crippen LogP contribution in [0.2, 0.25) is 10.0 Å². The lowest BCUT2D eigenvalue weighted by atomic mass is 10.1. The van der Waals surface area contributed by atoms with Gasteiger partial charge in [-0.05, 0) is 23.6 Å². The number of aliphatic hydroxyl groups is 1. The van der Waals surface area contributed by atoms with E-state index in [0.717, 1.165) is 5.56 Å². The first-order valence-electron chi connectivity index (χ1n) is 4.59. The molecule has 0 saturated heterocycles. The van der Waals surface area contributed by atoms with Crippen LogP contribution in [0.5, 0.6) is 0 Å². The molecular weight excluding hydrogens is 253 g/mol. The van der Waals surface area contributed by atoms with Gasteiger partial charge in [0.1, 0.15) is 0 Å². The fourth-order valence-corrected chi connectivity index (χ4v) is 1.72. The van der Waals surface area contributed by atoms with Crippen LogP contribution in [0.4, 0.5) is 4.79 Å². The van der Waals surface area contributed by atoms with E-state index in [2.05, 4.69) is 5.32 Å². The molecule has 0 bridgehead atoms. The van der Waals surface area contributed by atoms with E-state index >= 15 is 0 Å². The summed E-state index contributed by atoms with van der Waals surface area (Å²) in [7, 11) is 0. The smallest absolute Gasteiger partial charge is 0.404 e. The summed E-state index contributed by atoms with van der Waals surface area (Å²) >= 11 is 11.8. The Morgan fingerprint density at radius 1 is 1.38 bits per heavy atom. The molecule has 0 heterocycles. The first kappa shape index (κ1) is 13.1. The lowest BCUT2D eigenvalue weighted by Crippen LogP contribution is -2.20. The number of rotatable bonds is 4. The fourth-order valence-electron chi connectivity index (χ4n) is 1.28. The van der Waals surface area contributed by atoms with Crippen LogP contribution in [0.25, 0.3) is 0 Å². The third kappa shape index (κ3) is 3.56. The summed E-state index contributed by atoms with van der Waals surface area (Å²) in [6.45, 7) is 0.0942. The number of benzene rings is 1. The van der Waals surface area contributed by atoms with Gasteiger partial charge in [-0.25, -0.2) is 4.79 Å². The molecule has 0 aliphatic carbocycles. The monoisotopic (exact) mass is 263 g/mol. The number of amides is 1. The number of aliphatic hydroxyl groups excluding tert-OH is 1. The lowest BCUT2D eigenvalue weighted by Gasteiger charge is -2.09. The molecule has 1 amide bonds. The summed E-state index contributed by atoms with van der Waals surface area (Å²) in [4.78, 5) is 10.4. The highest BCUT2D eigenvalue weighted by atomic mass is 35.5. The Morgan fingerprint density at radius 3 is 2.62 bits per heavy atom. The Labute approximate surface area is 103 Å². The summed E-state index contributed by atoms with van der Waals surface area (Å²) in [5.41, 5.74) is 1.42. The van der Waals surface area contributed by atoms with Crippen LogP contribution in [0.1, 0.15) is 11.1 Å². The van der Waals surface area contributed by atoms with Crippen molar-refractivity contribution >= 4 is 29.3 Å². The molecule has 0 aromatic heterocycles. The van der Waals surface area contributed by atoms with Crippen LogP contribution in [-0.4, -0.2) is 22.9 Å². The van der Waals surface area contributed by atoms with Crippen LogP contribution >= 0.6 is 23.2 Å². The van der Waals surface area contributed by atoms with Gasteiger partial charge in [-0.1, -0.05) is 29.3 Å². The number of carbonyl (C=O) groups is 1. The topological polar surface area (TPSA) is 69.6 Å². The second kappa shape index (κ2) is 5.94. The molecule has 0 unspecified atom stereocenters. The maximum absolute atomic E-state index is 10.4. The van der Waals surface area contributed by atoms with Gasteiger partial charge < -0.3 is 15.5 Å². The number of hydrogen-bond acceptors (Lipinski definition) is 2. The van der Waals surface area contributed by atoms with Crippen molar-refractivity contribution < 1.29 is 15.0 Å². The summed E-state index contributed by atoms with van der Waals surface area (Å²) in [6.07, 6.45) is -0.670. The van der Waals surface area contributed by atoms with Crippen molar-refractivity contribution in [2.75, 3.05) is 6.61 Å². The molecule has 0 aliphatic rings. The Kier molecular flexibility index (Phi) is 4.86. The molecular formula is C10H11Cl2NO3. The van der Waals surface area contributed by atoms with Crippen LogP contribution < -0.4 is 5.32 Å². The Morgan fingerprint density at radius 2 is 2.06 bits per heavy atom. The van der Waals surface area contributed by atoms with Crippen molar-refractivity contribution in [1.29, 1.82) is 0 Å². The number of halogens is 2. The molecule has 0 aliphatic heterocycles. The lowest BCUT2D eigenvalue weighted by molar-refractivity contribution is 0.194. The van der Waals surface area contributed by atoms with Gasteiger partial charge in [0.2, 0.25) is 0 Å².